The van der Waals surface area contributed by atoms with Crippen LogP contribution in [0.25, 0.3) is 4.85 Å². The molecule has 0 aliphatic carbocycles. The van der Waals surface area contributed by atoms with E-state index in [1.54, 1.807) is 43.3 Å². The molecule has 3 aromatic carbocycles. The topological polar surface area (TPSA) is 60.5 Å². The molecule has 0 spiro atoms. The standard InChI is InChI=1S/C28H29ClFN3O3/c1-28(35,21-4-3-5-23(16-21)31-2)19-32-12-13-33(27(18-32)20-6-8-22(30)9-7-20)26-11-10-24(17-25(26)29)36-15-14-34/h3-11,16-17,27,34-35H,12-15,18-19H2,1H3/t27-,28+/m0/s1. The number of aliphatic hydroxyl groups excluding tert-OH is 1. The minimum absolute atomic E-state index is 0.0834. The van der Waals surface area contributed by atoms with E-state index in [1.807, 2.05) is 18.2 Å². The van der Waals surface area contributed by atoms with Gasteiger partial charge in [0.2, 0.25) is 0 Å². The van der Waals surface area contributed by atoms with E-state index < -0.39 is 5.60 Å². The Morgan fingerprint density at radius 1 is 1.14 bits per heavy atom. The van der Waals surface area contributed by atoms with Crippen LogP contribution < -0.4 is 9.64 Å². The molecule has 0 amide bonds. The number of rotatable bonds is 8. The number of ether oxygens (including phenoxy) is 1. The van der Waals surface area contributed by atoms with Crippen molar-refractivity contribution in [3.8, 4) is 5.75 Å². The highest BCUT2D eigenvalue weighted by molar-refractivity contribution is 6.33. The van der Waals surface area contributed by atoms with Crippen LogP contribution in [-0.2, 0) is 5.60 Å². The van der Waals surface area contributed by atoms with Gasteiger partial charge in [-0.15, -0.1) is 0 Å². The molecule has 0 radical (unpaired) electrons. The third kappa shape index (κ3) is 5.97. The summed E-state index contributed by atoms with van der Waals surface area (Å²) in [6, 6.07) is 18.8. The van der Waals surface area contributed by atoms with Crippen molar-refractivity contribution in [1.29, 1.82) is 0 Å². The van der Waals surface area contributed by atoms with Crippen LogP contribution in [0.3, 0.4) is 0 Å². The smallest absolute Gasteiger partial charge is 0.187 e. The number of hydrogen-bond acceptors (Lipinski definition) is 5. The predicted octanol–water partition coefficient (Wildman–Crippen LogP) is 5.17. The highest BCUT2D eigenvalue weighted by Crippen LogP contribution is 2.38. The van der Waals surface area contributed by atoms with E-state index in [1.165, 1.54) is 12.1 Å². The van der Waals surface area contributed by atoms with Crippen molar-refractivity contribution in [2.24, 2.45) is 0 Å². The van der Waals surface area contributed by atoms with Gasteiger partial charge in [0, 0.05) is 32.2 Å². The molecule has 0 unspecified atom stereocenters. The first-order valence-electron chi connectivity index (χ1n) is 11.8. The van der Waals surface area contributed by atoms with Crippen LogP contribution >= 0.6 is 11.6 Å². The summed E-state index contributed by atoms with van der Waals surface area (Å²) < 4.78 is 19.2. The minimum atomic E-state index is -1.15. The molecule has 2 N–H and O–H groups in total. The molecule has 188 valence electrons. The Kier molecular flexibility index (Phi) is 8.12. The molecule has 0 bridgehead atoms. The number of β-amino-alcohol motifs (C(OH)–C–C–N with tert-alkyl or cyclic N) is 1. The van der Waals surface area contributed by atoms with E-state index in [2.05, 4.69) is 14.6 Å². The summed E-state index contributed by atoms with van der Waals surface area (Å²) in [4.78, 5) is 7.85. The highest BCUT2D eigenvalue weighted by Gasteiger charge is 2.34. The fourth-order valence-corrected chi connectivity index (χ4v) is 4.93. The number of piperazine rings is 1. The van der Waals surface area contributed by atoms with Crippen LogP contribution in [0.1, 0.15) is 24.1 Å². The molecule has 1 saturated heterocycles. The van der Waals surface area contributed by atoms with Crippen LogP contribution in [0.2, 0.25) is 5.02 Å². The second-order valence-electron chi connectivity index (χ2n) is 9.12. The zero-order valence-electron chi connectivity index (χ0n) is 20.1. The lowest BCUT2D eigenvalue weighted by atomic mass is 9.93. The SMILES string of the molecule is [C-]#[N+]c1cccc([C@](C)(O)CN2CCN(c3ccc(OCCO)cc3Cl)[C@H](c3ccc(F)cc3)C2)c1. The molecule has 1 heterocycles. The van der Waals surface area contributed by atoms with Crippen LogP contribution in [0, 0.1) is 12.4 Å². The Morgan fingerprint density at radius 2 is 1.92 bits per heavy atom. The molecule has 0 aromatic heterocycles. The molecule has 0 saturated carbocycles. The first-order chi connectivity index (χ1) is 17.3. The summed E-state index contributed by atoms with van der Waals surface area (Å²) in [5.74, 6) is 0.275. The van der Waals surface area contributed by atoms with E-state index in [9.17, 15) is 9.50 Å². The van der Waals surface area contributed by atoms with Crippen molar-refractivity contribution in [2.45, 2.75) is 18.6 Å². The lowest BCUT2D eigenvalue weighted by Gasteiger charge is -2.45. The lowest BCUT2D eigenvalue weighted by molar-refractivity contribution is 0.0103. The van der Waals surface area contributed by atoms with Crippen molar-refractivity contribution in [1.82, 2.24) is 4.90 Å². The van der Waals surface area contributed by atoms with Gasteiger partial charge in [0.1, 0.15) is 18.2 Å². The van der Waals surface area contributed by atoms with Crippen molar-refractivity contribution in [3.05, 3.63) is 100 Å². The average molecular weight is 510 g/mol. The van der Waals surface area contributed by atoms with Crippen LogP contribution in [0.5, 0.6) is 5.75 Å². The molecular formula is C28H29ClFN3O3. The van der Waals surface area contributed by atoms with Crippen molar-refractivity contribution < 1.29 is 19.3 Å². The third-order valence-corrected chi connectivity index (χ3v) is 6.74. The fourth-order valence-electron chi connectivity index (χ4n) is 4.65. The van der Waals surface area contributed by atoms with Gasteiger partial charge in [0.25, 0.3) is 0 Å². The molecule has 36 heavy (non-hydrogen) atoms. The van der Waals surface area contributed by atoms with E-state index in [0.717, 1.165) is 11.3 Å². The van der Waals surface area contributed by atoms with Crippen LogP contribution in [-0.4, -0.2) is 54.5 Å². The maximum atomic E-state index is 13.7. The summed E-state index contributed by atoms with van der Waals surface area (Å²) in [6.07, 6.45) is 0. The van der Waals surface area contributed by atoms with Gasteiger partial charge < -0.3 is 19.8 Å². The van der Waals surface area contributed by atoms with Gasteiger partial charge in [-0.2, -0.15) is 0 Å². The lowest BCUT2D eigenvalue weighted by Crippen LogP contribution is -2.52. The molecule has 1 aliphatic heterocycles. The Labute approximate surface area is 215 Å². The zero-order valence-corrected chi connectivity index (χ0v) is 20.8. The summed E-state index contributed by atoms with van der Waals surface area (Å²) >= 11 is 6.65. The van der Waals surface area contributed by atoms with Gasteiger partial charge in [-0.05, 0) is 42.3 Å². The summed E-state index contributed by atoms with van der Waals surface area (Å²) in [6.45, 7) is 11.4. The van der Waals surface area contributed by atoms with Crippen molar-refractivity contribution in [2.75, 3.05) is 44.3 Å². The van der Waals surface area contributed by atoms with Gasteiger partial charge in [0.15, 0.2) is 5.69 Å². The maximum absolute atomic E-state index is 13.7. The third-order valence-electron chi connectivity index (χ3n) is 6.44. The molecule has 8 heteroatoms. The number of halogens is 2. The Hall–Kier alpha value is -3.15. The Bertz CT molecular complexity index is 1230. The normalized spacial score (nSPS) is 17.9. The molecule has 1 aliphatic rings. The summed E-state index contributed by atoms with van der Waals surface area (Å²) in [5, 5.41) is 20.9. The van der Waals surface area contributed by atoms with E-state index in [4.69, 9.17) is 28.0 Å². The van der Waals surface area contributed by atoms with Crippen molar-refractivity contribution in [3.63, 3.8) is 0 Å². The zero-order chi connectivity index (χ0) is 25.7. The average Bonchev–Trinajstić information content (AvgIpc) is 2.88. The maximum Gasteiger partial charge on any atom is 0.187 e. The van der Waals surface area contributed by atoms with Crippen molar-refractivity contribution >= 4 is 23.0 Å². The fraction of sp³-hybridized carbons (Fsp3) is 0.321. The Balaban J connectivity index is 1.59. The molecule has 3 aromatic rings. The first-order valence-corrected chi connectivity index (χ1v) is 12.2. The van der Waals surface area contributed by atoms with Gasteiger partial charge in [-0.1, -0.05) is 48.0 Å². The van der Waals surface area contributed by atoms with Gasteiger partial charge in [0.05, 0.1) is 35.5 Å². The predicted molar refractivity (Wildman–Crippen MR) is 139 cm³/mol. The molecular weight excluding hydrogens is 481 g/mol. The largest absolute Gasteiger partial charge is 0.491 e. The van der Waals surface area contributed by atoms with Crippen LogP contribution in [0.4, 0.5) is 15.8 Å². The van der Waals surface area contributed by atoms with E-state index in [-0.39, 0.29) is 25.1 Å². The summed E-state index contributed by atoms with van der Waals surface area (Å²) in [7, 11) is 0. The second-order valence-corrected chi connectivity index (χ2v) is 9.52. The van der Waals surface area contributed by atoms with Gasteiger partial charge in [-0.3, -0.25) is 4.90 Å². The minimum Gasteiger partial charge on any atom is -0.491 e. The molecule has 1 fully saturated rings. The number of nitrogens with zero attached hydrogens (tertiary/aromatic N) is 3. The number of aliphatic hydroxyl groups is 2. The molecule has 4 rings (SSSR count). The van der Waals surface area contributed by atoms with Crippen LogP contribution in [0.15, 0.2) is 66.7 Å². The van der Waals surface area contributed by atoms with Gasteiger partial charge >= 0.3 is 0 Å². The first kappa shape index (κ1) is 25.9. The summed E-state index contributed by atoms with van der Waals surface area (Å²) in [5.41, 5.74) is 1.80. The monoisotopic (exact) mass is 509 g/mol. The highest BCUT2D eigenvalue weighted by atomic mass is 35.5. The number of benzene rings is 3. The molecule has 2 atom stereocenters. The number of hydrogen-bond donors (Lipinski definition) is 2. The van der Waals surface area contributed by atoms with E-state index >= 15 is 0 Å². The molecule has 6 nitrogen and oxygen atoms in total. The number of anilines is 1. The van der Waals surface area contributed by atoms with Gasteiger partial charge in [-0.25, -0.2) is 9.24 Å². The van der Waals surface area contributed by atoms with E-state index in [0.29, 0.717) is 48.2 Å². The Morgan fingerprint density at radius 3 is 2.61 bits per heavy atom. The quantitative estimate of drug-likeness (QED) is 0.410. The second kappa shape index (κ2) is 11.3.